The molecule has 0 unspecified atom stereocenters. The lowest BCUT2D eigenvalue weighted by Crippen LogP contribution is -2.24. The van der Waals surface area contributed by atoms with E-state index in [4.69, 9.17) is 0 Å². The second kappa shape index (κ2) is 4.90. The molecule has 0 aliphatic carbocycles. The molecule has 1 heterocycles. The molecule has 0 fully saturated rings. The zero-order valence-corrected chi connectivity index (χ0v) is 10.2. The Bertz CT molecular complexity index is 658. The Labute approximate surface area is 111 Å². The summed E-state index contributed by atoms with van der Waals surface area (Å²) in [5.41, 5.74) is 2.31. The molecule has 19 heavy (non-hydrogen) atoms. The van der Waals surface area contributed by atoms with Gasteiger partial charge < -0.3 is 5.32 Å². The maximum Gasteiger partial charge on any atom is 0.275 e. The smallest absolute Gasteiger partial charge is 0.275 e. The lowest BCUT2D eigenvalue weighted by atomic mass is 10.2. The summed E-state index contributed by atoms with van der Waals surface area (Å²) < 4.78 is 0. The molecule has 0 radical (unpaired) electrons. The topological polar surface area (TPSA) is 41.5 Å². The van der Waals surface area contributed by atoms with Crippen LogP contribution in [0.25, 0.3) is 6.08 Å². The number of benzene rings is 2. The van der Waals surface area contributed by atoms with Gasteiger partial charge in [0.1, 0.15) is 11.5 Å². The summed E-state index contributed by atoms with van der Waals surface area (Å²) in [6.07, 6.45) is 1.78. The average molecular weight is 248 g/mol. The molecule has 3 nitrogen and oxygen atoms in total. The van der Waals surface area contributed by atoms with Crippen LogP contribution in [0.3, 0.4) is 0 Å². The largest absolute Gasteiger partial charge is 0.305 e. The number of aliphatic imine (C=N–C) groups is 1. The van der Waals surface area contributed by atoms with Crippen molar-refractivity contribution in [2.45, 2.75) is 0 Å². The molecule has 1 amide bonds. The number of hydrogen-bond acceptors (Lipinski definition) is 2. The highest BCUT2D eigenvalue weighted by Gasteiger charge is 2.20. The third kappa shape index (κ3) is 2.45. The Hall–Kier alpha value is -2.68. The second-order valence-electron chi connectivity index (χ2n) is 4.22. The Balaban J connectivity index is 1.94. The number of rotatable bonds is 2. The third-order valence-electron chi connectivity index (χ3n) is 2.85. The van der Waals surface area contributed by atoms with Gasteiger partial charge in [-0.05, 0) is 11.6 Å². The minimum absolute atomic E-state index is 0.164. The Morgan fingerprint density at radius 2 is 1.53 bits per heavy atom. The van der Waals surface area contributed by atoms with Gasteiger partial charge in [-0.1, -0.05) is 60.7 Å². The molecule has 0 bridgehead atoms. The number of amidine groups is 1. The van der Waals surface area contributed by atoms with Gasteiger partial charge in [0.25, 0.3) is 5.91 Å². The fourth-order valence-electron chi connectivity index (χ4n) is 1.91. The van der Waals surface area contributed by atoms with Crippen LogP contribution in [0.15, 0.2) is 71.4 Å². The van der Waals surface area contributed by atoms with Gasteiger partial charge in [0.2, 0.25) is 0 Å². The normalized spacial score (nSPS) is 16.3. The molecule has 92 valence electrons. The van der Waals surface area contributed by atoms with Crippen molar-refractivity contribution < 1.29 is 4.79 Å². The number of nitrogens with zero attached hydrogens (tertiary/aromatic N) is 1. The van der Waals surface area contributed by atoms with Crippen LogP contribution in [0.2, 0.25) is 0 Å². The van der Waals surface area contributed by atoms with Gasteiger partial charge in [-0.3, -0.25) is 4.79 Å². The van der Waals surface area contributed by atoms with Crippen molar-refractivity contribution in [1.29, 1.82) is 0 Å². The quantitative estimate of drug-likeness (QED) is 0.815. The van der Waals surface area contributed by atoms with Crippen LogP contribution in [-0.2, 0) is 4.79 Å². The molecule has 0 atom stereocenters. The first-order valence-corrected chi connectivity index (χ1v) is 6.05. The minimum atomic E-state index is -0.164. The number of amides is 1. The molecular formula is C16H12N2O. The van der Waals surface area contributed by atoms with E-state index in [0.29, 0.717) is 11.5 Å². The first kappa shape index (κ1) is 11.4. The molecular weight excluding hydrogens is 236 g/mol. The van der Waals surface area contributed by atoms with Crippen molar-refractivity contribution in [3.8, 4) is 0 Å². The highest BCUT2D eigenvalue weighted by Crippen LogP contribution is 2.14. The molecule has 0 aromatic heterocycles. The average Bonchev–Trinajstić information content (AvgIpc) is 2.82. The van der Waals surface area contributed by atoms with Crippen molar-refractivity contribution in [2.75, 3.05) is 0 Å². The van der Waals surface area contributed by atoms with Crippen LogP contribution in [0, 0.1) is 0 Å². The van der Waals surface area contributed by atoms with E-state index in [1.165, 1.54) is 0 Å². The Morgan fingerprint density at radius 3 is 2.21 bits per heavy atom. The fraction of sp³-hybridized carbons (Fsp3) is 0. The van der Waals surface area contributed by atoms with Gasteiger partial charge in [0.15, 0.2) is 0 Å². The SMILES string of the molecule is O=C1NC(c2ccccc2)=N/C1=C/c1ccccc1. The first-order chi connectivity index (χ1) is 9.33. The maximum atomic E-state index is 11.9. The van der Waals surface area contributed by atoms with Gasteiger partial charge in [0.05, 0.1) is 0 Å². The van der Waals surface area contributed by atoms with E-state index in [1.807, 2.05) is 60.7 Å². The zero-order valence-electron chi connectivity index (χ0n) is 10.2. The molecule has 3 rings (SSSR count). The van der Waals surface area contributed by atoms with Crippen molar-refractivity contribution in [3.05, 3.63) is 77.5 Å². The number of carbonyl (C=O) groups is 1. The molecule has 2 aromatic rings. The number of carbonyl (C=O) groups excluding carboxylic acids is 1. The summed E-state index contributed by atoms with van der Waals surface area (Å²) in [6.45, 7) is 0. The number of hydrogen-bond donors (Lipinski definition) is 1. The molecule has 0 saturated carbocycles. The van der Waals surface area contributed by atoms with Gasteiger partial charge >= 0.3 is 0 Å². The van der Waals surface area contributed by atoms with E-state index in [9.17, 15) is 4.79 Å². The monoisotopic (exact) mass is 248 g/mol. The summed E-state index contributed by atoms with van der Waals surface area (Å²) in [7, 11) is 0. The molecule has 1 aliphatic heterocycles. The van der Waals surface area contributed by atoms with E-state index in [1.54, 1.807) is 6.08 Å². The molecule has 1 aliphatic rings. The third-order valence-corrected chi connectivity index (χ3v) is 2.85. The van der Waals surface area contributed by atoms with Crippen LogP contribution in [0.1, 0.15) is 11.1 Å². The van der Waals surface area contributed by atoms with E-state index in [0.717, 1.165) is 11.1 Å². The predicted molar refractivity (Wildman–Crippen MR) is 75.5 cm³/mol. The van der Waals surface area contributed by atoms with E-state index < -0.39 is 0 Å². The molecule has 3 heteroatoms. The van der Waals surface area contributed by atoms with Crippen LogP contribution in [0.4, 0.5) is 0 Å². The zero-order chi connectivity index (χ0) is 13.1. The Morgan fingerprint density at radius 1 is 0.895 bits per heavy atom. The van der Waals surface area contributed by atoms with Crippen LogP contribution >= 0.6 is 0 Å². The lowest BCUT2D eigenvalue weighted by molar-refractivity contribution is -0.115. The highest BCUT2D eigenvalue weighted by molar-refractivity contribution is 6.19. The Kier molecular flexibility index (Phi) is 2.94. The molecule has 1 N–H and O–H groups in total. The summed E-state index contributed by atoms with van der Waals surface area (Å²) in [6, 6.07) is 19.3. The fourth-order valence-corrected chi connectivity index (χ4v) is 1.91. The van der Waals surface area contributed by atoms with Gasteiger partial charge in [-0.25, -0.2) is 4.99 Å². The number of nitrogens with one attached hydrogen (secondary N) is 1. The lowest BCUT2D eigenvalue weighted by Gasteiger charge is -1.98. The standard InChI is InChI=1S/C16H12N2O/c19-16-14(11-12-7-3-1-4-8-12)17-15(18-16)13-9-5-2-6-10-13/h1-11H,(H,17,18,19)/b14-11+. The summed E-state index contributed by atoms with van der Waals surface area (Å²) in [5.74, 6) is 0.440. The van der Waals surface area contributed by atoms with Crippen molar-refractivity contribution in [3.63, 3.8) is 0 Å². The predicted octanol–water partition coefficient (Wildman–Crippen LogP) is 2.60. The summed E-state index contributed by atoms with van der Waals surface area (Å²) in [5, 5.41) is 2.78. The maximum absolute atomic E-state index is 11.9. The van der Waals surface area contributed by atoms with Crippen LogP contribution in [0.5, 0.6) is 0 Å². The minimum Gasteiger partial charge on any atom is -0.305 e. The van der Waals surface area contributed by atoms with Gasteiger partial charge in [0, 0.05) is 5.56 Å². The molecule has 2 aromatic carbocycles. The van der Waals surface area contributed by atoms with Gasteiger partial charge in [-0.15, -0.1) is 0 Å². The van der Waals surface area contributed by atoms with Crippen molar-refractivity contribution >= 4 is 17.8 Å². The summed E-state index contributed by atoms with van der Waals surface area (Å²) in [4.78, 5) is 16.2. The molecule has 0 spiro atoms. The first-order valence-electron chi connectivity index (χ1n) is 6.05. The van der Waals surface area contributed by atoms with E-state index >= 15 is 0 Å². The van der Waals surface area contributed by atoms with E-state index in [2.05, 4.69) is 10.3 Å². The second-order valence-corrected chi connectivity index (χ2v) is 4.22. The van der Waals surface area contributed by atoms with Crippen molar-refractivity contribution in [1.82, 2.24) is 5.32 Å². The van der Waals surface area contributed by atoms with Gasteiger partial charge in [-0.2, -0.15) is 0 Å². The molecule has 0 saturated heterocycles. The van der Waals surface area contributed by atoms with Crippen LogP contribution in [-0.4, -0.2) is 11.7 Å². The van der Waals surface area contributed by atoms with E-state index in [-0.39, 0.29) is 5.91 Å². The van der Waals surface area contributed by atoms with Crippen molar-refractivity contribution in [2.24, 2.45) is 4.99 Å². The summed E-state index contributed by atoms with van der Waals surface area (Å²) >= 11 is 0. The highest BCUT2D eigenvalue weighted by atomic mass is 16.2. The van der Waals surface area contributed by atoms with Crippen LogP contribution < -0.4 is 5.32 Å².